The van der Waals surface area contributed by atoms with Gasteiger partial charge < -0.3 is 5.11 Å². The average molecular weight is 482 g/mol. The molecule has 3 aliphatic carbocycles. The van der Waals surface area contributed by atoms with Crippen molar-refractivity contribution in [1.82, 2.24) is 4.72 Å². The van der Waals surface area contributed by atoms with Crippen molar-refractivity contribution in [2.75, 3.05) is 0 Å². The van der Waals surface area contributed by atoms with Gasteiger partial charge in [-0.25, -0.2) is 13.1 Å². The number of benzene rings is 1. The summed E-state index contributed by atoms with van der Waals surface area (Å²) in [5.41, 5.74) is 0.831. The van der Waals surface area contributed by atoms with Crippen LogP contribution in [0, 0.1) is 17.8 Å². The van der Waals surface area contributed by atoms with E-state index in [4.69, 9.17) is 5.11 Å². The van der Waals surface area contributed by atoms with Crippen molar-refractivity contribution in [2.45, 2.75) is 51.0 Å². The highest BCUT2D eigenvalue weighted by Crippen LogP contribution is 2.46. The van der Waals surface area contributed by atoms with Crippen molar-refractivity contribution in [3.05, 3.63) is 51.9 Å². The van der Waals surface area contributed by atoms with Crippen molar-refractivity contribution in [1.29, 1.82) is 0 Å². The van der Waals surface area contributed by atoms with E-state index in [0.717, 1.165) is 35.7 Å². The molecule has 4 rings (SSSR count). The van der Waals surface area contributed by atoms with Gasteiger partial charge in [0.25, 0.3) is 0 Å². The van der Waals surface area contributed by atoms with Crippen LogP contribution in [0.1, 0.15) is 50.5 Å². The number of hydrogen-bond donors (Lipinski definition) is 2. The molecule has 0 amide bonds. The second-order valence-corrected chi connectivity index (χ2v) is 10.6. The smallest absolute Gasteiger partial charge is 0.303 e. The summed E-state index contributed by atoms with van der Waals surface area (Å²) >= 11 is 3.39. The summed E-state index contributed by atoms with van der Waals surface area (Å²) in [6, 6.07) is 7.48. The Bertz CT molecular complexity index is 881. The van der Waals surface area contributed by atoms with Gasteiger partial charge in [-0.1, -0.05) is 46.6 Å². The molecule has 0 aromatic heterocycles. The number of nitrogens with one attached hydrogen (secondary N) is 1. The third-order valence-electron chi connectivity index (χ3n) is 5.92. The monoisotopic (exact) mass is 481 g/mol. The van der Waals surface area contributed by atoms with Crippen LogP contribution in [0.2, 0.25) is 0 Å². The summed E-state index contributed by atoms with van der Waals surface area (Å²) in [6.45, 7) is 0. The number of allylic oxidation sites excluding steroid dienone is 2. The molecule has 3 fully saturated rings. The van der Waals surface area contributed by atoms with Gasteiger partial charge in [-0.3, -0.25) is 4.79 Å². The van der Waals surface area contributed by atoms with Crippen LogP contribution in [0.15, 0.2) is 46.3 Å². The van der Waals surface area contributed by atoms with E-state index in [1.807, 2.05) is 24.3 Å². The number of carboxylic acids is 1. The number of carboxylic acid groups (broad SMARTS) is 1. The molecule has 2 N–H and O–H groups in total. The third kappa shape index (κ3) is 6.79. The van der Waals surface area contributed by atoms with Crippen molar-refractivity contribution in [3.63, 3.8) is 0 Å². The van der Waals surface area contributed by atoms with E-state index in [9.17, 15) is 13.2 Å². The van der Waals surface area contributed by atoms with Gasteiger partial charge in [0.1, 0.15) is 0 Å². The zero-order valence-corrected chi connectivity index (χ0v) is 18.7. The van der Waals surface area contributed by atoms with E-state index in [0.29, 0.717) is 24.2 Å². The maximum absolute atomic E-state index is 12.6. The fourth-order valence-corrected chi connectivity index (χ4v) is 6.12. The molecule has 29 heavy (non-hydrogen) atoms. The van der Waals surface area contributed by atoms with Crippen LogP contribution in [0.4, 0.5) is 0 Å². The standard InChI is InChI=1S/C22H28BrNO4S/c23-19-7-4-5-16(14-19)11-12-29(27,28)24-21-15-17-9-10-20(21)18(13-17)6-2-1-3-8-22(25)26/h2,4-7,11-12,14,17-18,20-21,24H,1,3,8-10,13,15H2,(H,25,26). The summed E-state index contributed by atoms with van der Waals surface area (Å²) in [7, 11) is -3.51. The molecular formula is C22H28BrNO4S. The molecular weight excluding hydrogens is 454 g/mol. The van der Waals surface area contributed by atoms with Gasteiger partial charge in [0, 0.05) is 22.3 Å². The molecule has 2 bridgehead atoms. The first-order valence-corrected chi connectivity index (χ1v) is 12.5. The molecule has 4 atom stereocenters. The first-order valence-electron chi connectivity index (χ1n) is 10.2. The molecule has 0 spiro atoms. The molecule has 158 valence electrons. The van der Waals surface area contributed by atoms with Crippen molar-refractivity contribution >= 4 is 38.0 Å². The third-order valence-corrected chi connectivity index (χ3v) is 7.54. The van der Waals surface area contributed by atoms with E-state index in [-0.39, 0.29) is 12.5 Å². The molecule has 0 heterocycles. The highest BCUT2D eigenvalue weighted by atomic mass is 79.9. The SMILES string of the molecule is O=C(O)CCCC=CC1CC2CCC1C(NS(=O)(=O)C=Cc1cccc(Br)c1)C2. The molecule has 0 aliphatic heterocycles. The largest absolute Gasteiger partial charge is 0.481 e. The lowest BCUT2D eigenvalue weighted by Gasteiger charge is -2.46. The van der Waals surface area contributed by atoms with Crippen LogP contribution < -0.4 is 4.72 Å². The molecule has 1 aromatic rings. The minimum absolute atomic E-state index is 0.0340. The molecule has 0 saturated heterocycles. The van der Waals surface area contributed by atoms with Gasteiger partial charge in [-0.2, -0.15) is 0 Å². The Balaban J connectivity index is 1.59. The Kier molecular flexibility index (Phi) is 7.71. The lowest BCUT2D eigenvalue weighted by atomic mass is 9.62. The highest BCUT2D eigenvalue weighted by Gasteiger charge is 2.42. The Labute approximate surface area is 181 Å². The molecule has 5 nitrogen and oxygen atoms in total. The van der Waals surface area contributed by atoms with Gasteiger partial charge in [0.2, 0.25) is 10.0 Å². The summed E-state index contributed by atoms with van der Waals surface area (Å²) in [4.78, 5) is 10.6. The topological polar surface area (TPSA) is 83.5 Å². The fraction of sp³-hybridized carbons (Fsp3) is 0.500. The minimum atomic E-state index is -3.51. The van der Waals surface area contributed by atoms with Gasteiger partial charge in [0.05, 0.1) is 0 Å². The molecule has 3 aliphatic rings. The second-order valence-electron chi connectivity index (χ2n) is 8.08. The lowest BCUT2D eigenvalue weighted by molar-refractivity contribution is -0.137. The Morgan fingerprint density at radius 3 is 2.83 bits per heavy atom. The van der Waals surface area contributed by atoms with Crippen LogP contribution in [0.3, 0.4) is 0 Å². The van der Waals surface area contributed by atoms with Crippen LogP contribution in [-0.2, 0) is 14.8 Å². The first-order chi connectivity index (χ1) is 13.8. The van der Waals surface area contributed by atoms with Crippen molar-refractivity contribution in [3.8, 4) is 0 Å². The zero-order valence-electron chi connectivity index (χ0n) is 16.3. The van der Waals surface area contributed by atoms with Gasteiger partial charge in [-0.05, 0) is 73.6 Å². The normalized spacial score (nSPS) is 27.1. The summed E-state index contributed by atoms with van der Waals surface area (Å²) < 4.78 is 29.1. The predicted octanol–water partition coefficient (Wildman–Crippen LogP) is 4.96. The molecule has 7 heteroatoms. The Hall–Kier alpha value is -1.44. The van der Waals surface area contributed by atoms with Gasteiger partial charge >= 0.3 is 5.97 Å². The zero-order chi connectivity index (χ0) is 20.9. The molecule has 0 radical (unpaired) electrons. The highest BCUT2D eigenvalue weighted by molar-refractivity contribution is 9.10. The number of carbonyl (C=O) groups is 1. The summed E-state index contributed by atoms with van der Waals surface area (Å²) in [6.07, 6.45) is 11.7. The molecule has 1 aromatic carbocycles. The number of sulfonamides is 1. The van der Waals surface area contributed by atoms with Crippen LogP contribution in [0.25, 0.3) is 6.08 Å². The van der Waals surface area contributed by atoms with Crippen LogP contribution in [0.5, 0.6) is 0 Å². The van der Waals surface area contributed by atoms with E-state index in [1.165, 1.54) is 11.8 Å². The quantitative estimate of drug-likeness (QED) is 0.385. The second kappa shape index (κ2) is 10.0. The van der Waals surface area contributed by atoms with E-state index < -0.39 is 16.0 Å². The number of rotatable bonds is 9. The van der Waals surface area contributed by atoms with E-state index in [2.05, 4.69) is 32.8 Å². The lowest BCUT2D eigenvalue weighted by Crippen LogP contribution is -2.49. The average Bonchev–Trinajstić information content (AvgIpc) is 2.66. The summed E-state index contributed by atoms with van der Waals surface area (Å²) in [5.74, 6) is 0.467. The van der Waals surface area contributed by atoms with E-state index in [1.54, 1.807) is 6.08 Å². The van der Waals surface area contributed by atoms with Gasteiger partial charge in [0.15, 0.2) is 0 Å². The molecule has 3 saturated carbocycles. The maximum Gasteiger partial charge on any atom is 0.303 e. The number of unbranched alkanes of at least 4 members (excludes halogenated alkanes) is 1. The Morgan fingerprint density at radius 2 is 2.10 bits per heavy atom. The number of aliphatic carboxylic acids is 1. The maximum atomic E-state index is 12.6. The number of hydrogen-bond acceptors (Lipinski definition) is 3. The molecule has 4 unspecified atom stereocenters. The van der Waals surface area contributed by atoms with Crippen LogP contribution in [-0.4, -0.2) is 25.5 Å². The van der Waals surface area contributed by atoms with Crippen LogP contribution >= 0.6 is 15.9 Å². The van der Waals surface area contributed by atoms with Crippen molar-refractivity contribution in [2.24, 2.45) is 17.8 Å². The first kappa shape index (κ1) is 22.2. The van der Waals surface area contributed by atoms with Crippen molar-refractivity contribution < 1.29 is 18.3 Å². The minimum Gasteiger partial charge on any atom is -0.481 e. The van der Waals surface area contributed by atoms with Gasteiger partial charge in [-0.15, -0.1) is 0 Å². The number of fused-ring (bicyclic) bond motifs is 3. The predicted molar refractivity (Wildman–Crippen MR) is 119 cm³/mol. The van der Waals surface area contributed by atoms with E-state index >= 15 is 0 Å². The summed E-state index contributed by atoms with van der Waals surface area (Å²) in [5, 5.41) is 9.98. The number of halogens is 1. The Morgan fingerprint density at radius 1 is 1.28 bits per heavy atom. The fourth-order valence-electron chi connectivity index (χ4n) is 4.59.